The number of carbonyl (C=O) groups is 2. The summed E-state index contributed by atoms with van der Waals surface area (Å²) in [6.45, 7) is 2.94. The molecule has 2 amide bonds. The van der Waals surface area contributed by atoms with E-state index in [1.165, 1.54) is 34.4 Å². The molecule has 0 unspecified atom stereocenters. The molecule has 1 saturated heterocycles. The molecule has 0 radical (unpaired) electrons. The molecule has 188 valence electrons. The Morgan fingerprint density at radius 1 is 1.24 bits per heavy atom. The first kappa shape index (κ1) is 25.1. The summed E-state index contributed by atoms with van der Waals surface area (Å²) in [5.74, 6) is 3.32. The van der Waals surface area contributed by atoms with Gasteiger partial charge in [0.2, 0.25) is 5.13 Å². The van der Waals surface area contributed by atoms with Crippen LogP contribution in [0.4, 0.5) is 5.13 Å². The zero-order valence-corrected chi connectivity index (χ0v) is 22.3. The number of aryl methyl sites for hydroxylation is 1. The molecule has 0 spiro atoms. The second-order valence-corrected chi connectivity index (χ2v) is 11.4. The van der Waals surface area contributed by atoms with Crippen LogP contribution in [0.1, 0.15) is 50.4 Å². The minimum absolute atomic E-state index is 0.0768. The average Bonchev–Trinajstić information content (AvgIpc) is 3.68. The van der Waals surface area contributed by atoms with Gasteiger partial charge in [-0.2, -0.15) is 0 Å². The van der Waals surface area contributed by atoms with Gasteiger partial charge < -0.3 is 9.42 Å². The van der Waals surface area contributed by atoms with Crippen LogP contribution in [-0.4, -0.2) is 55.9 Å². The largest absolute Gasteiger partial charge is 0.360 e. The van der Waals surface area contributed by atoms with Crippen LogP contribution in [0.5, 0.6) is 0 Å². The number of amides is 2. The van der Waals surface area contributed by atoms with E-state index in [-0.39, 0.29) is 17.7 Å². The summed E-state index contributed by atoms with van der Waals surface area (Å²) in [6.07, 6.45) is 6.79. The Kier molecular flexibility index (Phi) is 7.64. The Hall–Kier alpha value is -3.53. The molecule has 3 aromatic heterocycles. The van der Waals surface area contributed by atoms with Crippen molar-refractivity contribution in [2.45, 2.75) is 30.0 Å². The Balaban J connectivity index is 1.20. The van der Waals surface area contributed by atoms with E-state index in [2.05, 4.69) is 31.6 Å². The molecule has 0 saturated carbocycles. The van der Waals surface area contributed by atoms with Crippen molar-refractivity contribution in [1.29, 1.82) is 0 Å². The molecule has 4 aromatic rings. The highest BCUT2D eigenvalue weighted by Crippen LogP contribution is 2.33. The number of nitrogens with zero attached hydrogens (tertiary/aromatic N) is 5. The number of thioether (sulfide) groups is 1. The highest BCUT2D eigenvalue weighted by molar-refractivity contribution is 8.01. The molecule has 5 rings (SSSR count). The molecule has 0 atom stereocenters. The number of piperidine rings is 1. The van der Waals surface area contributed by atoms with Gasteiger partial charge in [0.25, 0.3) is 11.8 Å². The summed E-state index contributed by atoms with van der Waals surface area (Å²) in [4.78, 5) is 32.5. The molecular weight excluding hydrogens is 529 g/mol. The summed E-state index contributed by atoms with van der Waals surface area (Å²) in [7, 11) is 0. The predicted molar refractivity (Wildman–Crippen MR) is 144 cm³/mol. The summed E-state index contributed by atoms with van der Waals surface area (Å²) in [6, 6.07) is 9.57. The van der Waals surface area contributed by atoms with Gasteiger partial charge in [-0.1, -0.05) is 64.5 Å². The van der Waals surface area contributed by atoms with Gasteiger partial charge in [-0.15, -0.1) is 28.0 Å². The average molecular weight is 551 g/mol. The first-order chi connectivity index (χ1) is 18.0. The Morgan fingerprint density at radius 3 is 2.78 bits per heavy atom. The molecular formula is C25H22N6O3S3. The number of anilines is 1. The van der Waals surface area contributed by atoms with E-state index in [4.69, 9.17) is 10.9 Å². The number of nitrogens with one attached hydrogen (secondary N) is 1. The van der Waals surface area contributed by atoms with Crippen LogP contribution >= 0.6 is 34.4 Å². The zero-order chi connectivity index (χ0) is 25.8. The van der Waals surface area contributed by atoms with Crippen LogP contribution in [0.15, 0.2) is 44.6 Å². The van der Waals surface area contributed by atoms with Crippen molar-refractivity contribution < 1.29 is 14.1 Å². The van der Waals surface area contributed by atoms with Crippen LogP contribution in [0.2, 0.25) is 0 Å². The standard InChI is InChI=1S/C25H22N6O3S3/c1-3-13-35-25-29-28-24(37-25)27-21(32)18-14-36-22(26-18)17-9-11-31(12-10-17)23(33)19-15(2)34-30-20(19)16-7-5-4-6-8-16/h1,4-8,14,17H,9-13H2,2H3,(H,27,28,32). The van der Waals surface area contributed by atoms with Gasteiger partial charge in [0, 0.05) is 30.0 Å². The number of carbonyl (C=O) groups excluding carboxylic acids is 2. The number of terminal acetylenes is 1. The fraction of sp³-hybridized carbons (Fsp3) is 0.280. The van der Waals surface area contributed by atoms with Crippen molar-refractivity contribution in [3.05, 3.63) is 57.7 Å². The van der Waals surface area contributed by atoms with Crippen molar-refractivity contribution in [2.75, 3.05) is 24.2 Å². The van der Waals surface area contributed by atoms with E-state index in [0.717, 1.165) is 23.4 Å². The maximum atomic E-state index is 13.4. The molecule has 12 heteroatoms. The maximum Gasteiger partial charge on any atom is 0.276 e. The molecule has 1 fully saturated rings. The van der Waals surface area contributed by atoms with E-state index in [0.29, 0.717) is 51.0 Å². The van der Waals surface area contributed by atoms with Gasteiger partial charge in [-0.05, 0) is 19.8 Å². The molecule has 4 heterocycles. The monoisotopic (exact) mass is 550 g/mol. The third kappa shape index (κ3) is 5.58. The minimum Gasteiger partial charge on any atom is -0.360 e. The van der Waals surface area contributed by atoms with Crippen LogP contribution < -0.4 is 5.32 Å². The van der Waals surface area contributed by atoms with E-state index < -0.39 is 0 Å². The summed E-state index contributed by atoms with van der Waals surface area (Å²) in [5.41, 5.74) is 2.27. The lowest BCUT2D eigenvalue weighted by atomic mass is 9.96. The number of hydrogen-bond acceptors (Lipinski definition) is 10. The van der Waals surface area contributed by atoms with Crippen molar-refractivity contribution in [1.82, 2.24) is 25.2 Å². The molecule has 0 aliphatic carbocycles. The topological polar surface area (TPSA) is 114 Å². The summed E-state index contributed by atoms with van der Waals surface area (Å²) < 4.78 is 6.08. The molecule has 9 nitrogen and oxygen atoms in total. The Labute approximate surface area is 225 Å². The molecule has 1 aliphatic heterocycles. The third-order valence-electron chi connectivity index (χ3n) is 5.92. The quantitative estimate of drug-likeness (QED) is 0.195. The van der Waals surface area contributed by atoms with E-state index >= 15 is 0 Å². The molecule has 1 aromatic carbocycles. The molecule has 1 aliphatic rings. The van der Waals surface area contributed by atoms with Gasteiger partial charge in [0.05, 0.1) is 10.8 Å². The number of benzene rings is 1. The van der Waals surface area contributed by atoms with Gasteiger partial charge in [0.15, 0.2) is 4.34 Å². The van der Waals surface area contributed by atoms with Gasteiger partial charge in [-0.25, -0.2) is 4.98 Å². The van der Waals surface area contributed by atoms with E-state index in [1.54, 1.807) is 12.3 Å². The van der Waals surface area contributed by atoms with Crippen LogP contribution in [-0.2, 0) is 0 Å². The predicted octanol–water partition coefficient (Wildman–Crippen LogP) is 4.96. The molecule has 1 N–H and O–H groups in total. The van der Waals surface area contributed by atoms with Crippen molar-refractivity contribution in [3.8, 4) is 23.6 Å². The second-order valence-electron chi connectivity index (χ2n) is 8.29. The highest BCUT2D eigenvalue weighted by Gasteiger charge is 2.31. The number of likely N-dealkylation sites (tertiary alicyclic amines) is 1. The molecule has 0 bridgehead atoms. The van der Waals surface area contributed by atoms with E-state index in [9.17, 15) is 9.59 Å². The Morgan fingerprint density at radius 2 is 2.03 bits per heavy atom. The van der Waals surface area contributed by atoms with Crippen LogP contribution in [0.25, 0.3) is 11.3 Å². The second kappa shape index (κ2) is 11.2. The van der Waals surface area contributed by atoms with Crippen molar-refractivity contribution in [2.24, 2.45) is 0 Å². The lowest BCUT2D eigenvalue weighted by Gasteiger charge is -2.31. The Bertz CT molecular complexity index is 1450. The van der Waals surface area contributed by atoms with Crippen LogP contribution in [0.3, 0.4) is 0 Å². The smallest absolute Gasteiger partial charge is 0.276 e. The first-order valence-electron chi connectivity index (χ1n) is 11.5. The first-order valence-corrected chi connectivity index (χ1v) is 14.2. The zero-order valence-electron chi connectivity index (χ0n) is 19.8. The maximum absolute atomic E-state index is 13.4. The van der Waals surface area contributed by atoms with Gasteiger partial charge in [0.1, 0.15) is 22.7 Å². The normalized spacial score (nSPS) is 13.9. The summed E-state index contributed by atoms with van der Waals surface area (Å²) >= 11 is 4.13. The van der Waals surface area contributed by atoms with Crippen molar-refractivity contribution >= 4 is 51.4 Å². The lowest BCUT2D eigenvalue weighted by Crippen LogP contribution is -2.38. The number of aromatic nitrogens is 4. The minimum atomic E-state index is -0.323. The third-order valence-corrected chi connectivity index (χ3v) is 8.80. The van der Waals surface area contributed by atoms with Crippen molar-refractivity contribution in [3.63, 3.8) is 0 Å². The number of thiazole rings is 1. The highest BCUT2D eigenvalue weighted by atomic mass is 32.2. The van der Waals surface area contributed by atoms with Gasteiger partial charge >= 0.3 is 0 Å². The van der Waals surface area contributed by atoms with E-state index in [1.807, 2.05) is 35.2 Å². The number of rotatable bonds is 7. The number of hydrogen-bond donors (Lipinski definition) is 1. The fourth-order valence-electron chi connectivity index (χ4n) is 4.07. The summed E-state index contributed by atoms with van der Waals surface area (Å²) in [5, 5.41) is 17.9. The molecule has 37 heavy (non-hydrogen) atoms. The lowest BCUT2D eigenvalue weighted by molar-refractivity contribution is 0.0711. The van der Waals surface area contributed by atoms with Gasteiger partial charge in [-0.3, -0.25) is 14.9 Å². The SMILES string of the molecule is C#CCSc1nnc(NC(=O)c2csc(C3CCN(C(=O)c4c(-c5ccccc5)noc4C)CC3)n2)s1. The van der Waals surface area contributed by atoms with Crippen LogP contribution in [0, 0.1) is 19.3 Å². The fourth-order valence-corrected chi connectivity index (χ4v) is 6.47.